The van der Waals surface area contributed by atoms with Gasteiger partial charge in [-0.1, -0.05) is 47.5 Å². The van der Waals surface area contributed by atoms with Crippen LogP contribution in [0, 0.1) is 0 Å². The molecule has 0 atom stereocenters. The molecule has 0 aliphatic carbocycles. The predicted molar refractivity (Wildman–Crippen MR) is 105 cm³/mol. The zero-order chi connectivity index (χ0) is 17.8. The van der Waals surface area contributed by atoms with Crippen LogP contribution in [0.2, 0.25) is 10.0 Å². The van der Waals surface area contributed by atoms with Crippen molar-refractivity contribution in [2.24, 2.45) is 0 Å². The molecular formula is C18H17Cl2N5. The molecule has 25 heavy (non-hydrogen) atoms. The number of halogens is 2. The summed E-state index contributed by atoms with van der Waals surface area (Å²) in [6.07, 6.45) is 1.47. The number of nitrogens with one attached hydrogen (secondary N) is 1. The van der Waals surface area contributed by atoms with Crippen LogP contribution in [0.25, 0.3) is 0 Å². The predicted octanol–water partition coefficient (Wildman–Crippen LogP) is 5.27. The van der Waals surface area contributed by atoms with Gasteiger partial charge in [-0.15, -0.1) is 0 Å². The molecule has 0 unspecified atom stereocenters. The summed E-state index contributed by atoms with van der Waals surface area (Å²) in [5.41, 5.74) is 8.40. The fourth-order valence-corrected chi connectivity index (χ4v) is 2.84. The standard InChI is InChI=1S/C18H17Cl2N5/c1-2-25(12-7-4-3-5-8-12)18-16(21)17(22-11-23-18)24-14-10-6-9-13(19)15(14)20/h3-11H,2,21H2,1H3,(H,22,23,24). The Hall–Kier alpha value is -2.50. The van der Waals surface area contributed by atoms with Crippen LogP contribution >= 0.6 is 23.2 Å². The molecule has 1 heterocycles. The van der Waals surface area contributed by atoms with Crippen molar-refractivity contribution in [1.29, 1.82) is 0 Å². The third-order valence-electron chi connectivity index (χ3n) is 3.71. The molecular weight excluding hydrogens is 357 g/mol. The van der Waals surface area contributed by atoms with E-state index in [1.54, 1.807) is 12.1 Å². The van der Waals surface area contributed by atoms with Crippen LogP contribution in [0.5, 0.6) is 0 Å². The minimum atomic E-state index is 0.416. The van der Waals surface area contributed by atoms with Gasteiger partial charge in [-0.25, -0.2) is 9.97 Å². The van der Waals surface area contributed by atoms with Crippen molar-refractivity contribution in [3.63, 3.8) is 0 Å². The number of aromatic nitrogens is 2. The molecule has 3 aromatic rings. The molecule has 128 valence electrons. The van der Waals surface area contributed by atoms with Gasteiger partial charge < -0.3 is 16.0 Å². The Balaban J connectivity index is 1.98. The molecule has 0 radical (unpaired) electrons. The Labute approximate surface area is 156 Å². The van der Waals surface area contributed by atoms with E-state index in [9.17, 15) is 0 Å². The lowest BCUT2D eigenvalue weighted by molar-refractivity contribution is 0.980. The zero-order valence-corrected chi connectivity index (χ0v) is 15.1. The number of anilines is 5. The van der Waals surface area contributed by atoms with E-state index in [0.717, 1.165) is 5.69 Å². The quantitative estimate of drug-likeness (QED) is 0.637. The van der Waals surface area contributed by atoms with Crippen LogP contribution in [-0.2, 0) is 0 Å². The van der Waals surface area contributed by atoms with Crippen molar-refractivity contribution in [2.75, 3.05) is 22.5 Å². The number of benzene rings is 2. The summed E-state index contributed by atoms with van der Waals surface area (Å²) in [5.74, 6) is 1.10. The normalized spacial score (nSPS) is 10.5. The number of nitrogens with zero attached hydrogens (tertiary/aromatic N) is 3. The van der Waals surface area contributed by atoms with Gasteiger partial charge in [0.2, 0.25) is 0 Å². The maximum absolute atomic E-state index is 6.33. The van der Waals surface area contributed by atoms with Crippen LogP contribution in [0.4, 0.5) is 28.7 Å². The highest BCUT2D eigenvalue weighted by Gasteiger charge is 2.16. The first kappa shape index (κ1) is 17.3. The van der Waals surface area contributed by atoms with Gasteiger partial charge in [0.1, 0.15) is 12.0 Å². The monoisotopic (exact) mass is 373 g/mol. The molecule has 5 nitrogen and oxygen atoms in total. The van der Waals surface area contributed by atoms with E-state index in [1.165, 1.54) is 6.33 Å². The maximum Gasteiger partial charge on any atom is 0.161 e. The second kappa shape index (κ2) is 7.59. The van der Waals surface area contributed by atoms with Crippen molar-refractivity contribution < 1.29 is 0 Å². The van der Waals surface area contributed by atoms with Crippen molar-refractivity contribution >= 4 is 51.9 Å². The van der Waals surface area contributed by atoms with Crippen molar-refractivity contribution in [1.82, 2.24) is 9.97 Å². The molecule has 0 saturated heterocycles. The van der Waals surface area contributed by atoms with Crippen molar-refractivity contribution in [2.45, 2.75) is 6.92 Å². The first-order valence-corrected chi connectivity index (χ1v) is 8.51. The Morgan fingerprint density at radius 1 is 1.04 bits per heavy atom. The number of rotatable bonds is 5. The van der Waals surface area contributed by atoms with Crippen molar-refractivity contribution in [3.8, 4) is 0 Å². The maximum atomic E-state index is 6.33. The molecule has 0 amide bonds. The van der Waals surface area contributed by atoms with E-state index >= 15 is 0 Å². The summed E-state index contributed by atoms with van der Waals surface area (Å²) < 4.78 is 0. The number of para-hydroxylation sites is 1. The highest BCUT2D eigenvalue weighted by Crippen LogP contribution is 2.36. The summed E-state index contributed by atoms with van der Waals surface area (Å²) in [5, 5.41) is 4.01. The third-order valence-corrected chi connectivity index (χ3v) is 4.53. The highest BCUT2D eigenvalue weighted by atomic mass is 35.5. The average molecular weight is 374 g/mol. The smallest absolute Gasteiger partial charge is 0.161 e. The summed E-state index contributed by atoms with van der Waals surface area (Å²) >= 11 is 12.3. The molecule has 2 aromatic carbocycles. The lowest BCUT2D eigenvalue weighted by Crippen LogP contribution is -2.19. The fraction of sp³-hybridized carbons (Fsp3) is 0.111. The highest BCUT2D eigenvalue weighted by molar-refractivity contribution is 6.43. The van der Waals surface area contributed by atoms with Gasteiger partial charge in [-0.3, -0.25) is 0 Å². The molecule has 0 aliphatic rings. The van der Waals surface area contributed by atoms with Gasteiger partial charge in [-0.05, 0) is 31.2 Å². The number of nitrogen functional groups attached to an aromatic ring is 1. The minimum absolute atomic E-state index is 0.416. The third kappa shape index (κ3) is 3.62. The van der Waals surface area contributed by atoms with Gasteiger partial charge in [-0.2, -0.15) is 0 Å². The Morgan fingerprint density at radius 2 is 1.80 bits per heavy atom. The molecule has 0 bridgehead atoms. The van der Waals surface area contributed by atoms with Gasteiger partial charge in [0.25, 0.3) is 0 Å². The Bertz CT molecular complexity index is 871. The fourth-order valence-electron chi connectivity index (χ4n) is 2.49. The second-order valence-electron chi connectivity index (χ2n) is 5.27. The SMILES string of the molecule is CCN(c1ccccc1)c1ncnc(Nc2cccc(Cl)c2Cl)c1N. The summed E-state index contributed by atoms with van der Waals surface area (Å²) in [6, 6.07) is 15.3. The molecule has 7 heteroatoms. The molecule has 3 rings (SSSR count). The Kier molecular flexibility index (Phi) is 5.26. The summed E-state index contributed by atoms with van der Waals surface area (Å²) in [4.78, 5) is 10.6. The molecule has 0 aliphatic heterocycles. The average Bonchev–Trinajstić information content (AvgIpc) is 2.63. The lowest BCUT2D eigenvalue weighted by atomic mass is 10.2. The molecule has 1 aromatic heterocycles. The lowest BCUT2D eigenvalue weighted by Gasteiger charge is -2.24. The topological polar surface area (TPSA) is 67.1 Å². The van der Waals surface area contributed by atoms with E-state index < -0.39 is 0 Å². The molecule has 0 spiro atoms. The van der Waals surface area contributed by atoms with E-state index in [2.05, 4.69) is 15.3 Å². The van der Waals surface area contributed by atoms with Crippen LogP contribution in [0.1, 0.15) is 6.92 Å². The number of nitrogens with two attached hydrogens (primary N) is 1. The second-order valence-corrected chi connectivity index (χ2v) is 6.05. The van der Waals surface area contributed by atoms with Crippen LogP contribution in [0.15, 0.2) is 54.9 Å². The molecule has 0 saturated carbocycles. The molecule has 0 fully saturated rings. The number of hydrogen-bond acceptors (Lipinski definition) is 5. The summed E-state index contributed by atoms with van der Waals surface area (Å²) in [6.45, 7) is 2.75. The van der Waals surface area contributed by atoms with Crippen molar-refractivity contribution in [3.05, 3.63) is 64.9 Å². The van der Waals surface area contributed by atoms with Crippen LogP contribution < -0.4 is 16.0 Å². The van der Waals surface area contributed by atoms with E-state index in [0.29, 0.717) is 39.6 Å². The van der Waals surface area contributed by atoms with Crippen LogP contribution in [0.3, 0.4) is 0 Å². The van der Waals surface area contributed by atoms with Gasteiger partial charge in [0, 0.05) is 12.2 Å². The summed E-state index contributed by atoms with van der Waals surface area (Å²) in [7, 11) is 0. The van der Waals surface area contributed by atoms with E-state index in [4.69, 9.17) is 28.9 Å². The van der Waals surface area contributed by atoms with Crippen LogP contribution in [-0.4, -0.2) is 16.5 Å². The largest absolute Gasteiger partial charge is 0.393 e. The Morgan fingerprint density at radius 3 is 2.52 bits per heavy atom. The van der Waals surface area contributed by atoms with E-state index in [-0.39, 0.29) is 0 Å². The first-order valence-electron chi connectivity index (χ1n) is 7.76. The van der Waals surface area contributed by atoms with Gasteiger partial charge in [0.05, 0.1) is 15.7 Å². The molecule has 3 N–H and O–H groups in total. The van der Waals surface area contributed by atoms with Gasteiger partial charge in [0.15, 0.2) is 11.6 Å². The zero-order valence-electron chi connectivity index (χ0n) is 13.6. The van der Waals surface area contributed by atoms with E-state index in [1.807, 2.05) is 48.2 Å². The van der Waals surface area contributed by atoms with Gasteiger partial charge >= 0.3 is 0 Å². The minimum Gasteiger partial charge on any atom is -0.393 e. The first-order chi connectivity index (χ1) is 12.1. The number of hydrogen-bond donors (Lipinski definition) is 2.